The zero-order chi connectivity index (χ0) is 21.8. The Kier molecular flexibility index (Phi) is 4.73. The van der Waals surface area contributed by atoms with E-state index in [9.17, 15) is 9.59 Å². The van der Waals surface area contributed by atoms with Crippen molar-refractivity contribution >= 4 is 11.8 Å². The van der Waals surface area contributed by atoms with E-state index < -0.39 is 17.4 Å². The van der Waals surface area contributed by atoms with Crippen LogP contribution in [0.3, 0.4) is 0 Å². The van der Waals surface area contributed by atoms with Crippen LogP contribution in [-0.4, -0.2) is 63.2 Å². The van der Waals surface area contributed by atoms with Crippen molar-refractivity contribution in [3.63, 3.8) is 0 Å². The minimum atomic E-state index is -0.662. The molecule has 3 aliphatic rings. The SMILES string of the molecule is Cc1ccc(CCN2C[C@]34C=C[C@H](O3)[C@H](C(=O)N(C)Cc3cnn(C)c3)[C@H]4C2=O)cc1. The second kappa shape index (κ2) is 7.34. The number of aryl methyl sites for hydroxylation is 2. The van der Waals surface area contributed by atoms with Gasteiger partial charge in [-0.1, -0.05) is 42.0 Å². The predicted molar refractivity (Wildman–Crippen MR) is 115 cm³/mol. The van der Waals surface area contributed by atoms with Crippen LogP contribution in [0.4, 0.5) is 0 Å². The maximum Gasteiger partial charge on any atom is 0.230 e. The van der Waals surface area contributed by atoms with Crippen molar-refractivity contribution in [1.82, 2.24) is 19.6 Å². The van der Waals surface area contributed by atoms with Crippen LogP contribution in [0, 0.1) is 18.8 Å². The van der Waals surface area contributed by atoms with Gasteiger partial charge in [0.2, 0.25) is 11.8 Å². The van der Waals surface area contributed by atoms with Crippen LogP contribution in [0.25, 0.3) is 0 Å². The molecule has 2 saturated heterocycles. The van der Waals surface area contributed by atoms with Gasteiger partial charge < -0.3 is 14.5 Å². The number of carbonyl (C=O) groups excluding carboxylic acids is 2. The molecule has 2 amide bonds. The van der Waals surface area contributed by atoms with E-state index in [-0.39, 0.29) is 17.9 Å². The van der Waals surface area contributed by atoms with E-state index in [1.807, 2.05) is 30.3 Å². The highest BCUT2D eigenvalue weighted by molar-refractivity contribution is 5.93. The smallest absolute Gasteiger partial charge is 0.230 e. The molecule has 0 saturated carbocycles. The summed E-state index contributed by atoms with van der Waals surface area (Å²) in [6.07, 6.45) is 8.11. The molecule has 162 valence electrons. The Balaban J connectivity index is 1.30. The number of fused-ring (bicyclic) bond motifs is 1. The molecule has 1 spiro atoms. The normalized spacial score (nSPS) is 28.4. The summed E-state index contributed by atoms with van der Waals surface area (Å²) >= 11 is 0. The quantitative estimate of drug-likeness (QED) is 0.668. The molecular weight excluding hydrogens is 392 g/mol. The summed E-state index contributed by atoms with van der Waals surface area (Å²) in [5.74, 6) is -0.918. The maximum absolute atomic E-state index is 13.4. The van der Waals surface area contributed by atoms with Crippen molar-refractivity contribution in [2.75, 3.05) is 20.1 Å². The van der Waals surface area contributed by atoms with Gasteiger partial charge in [-0.2, -0.15) is 5.10 Å². The molecule has 0 aliphatic carbocycles. The van der Waals surface area contributed by atoms with E-state index >= 15 is 0 Å². The molecule has 4 atom stereocenters. The van der Waals surface area contributed by atoms with Gasteiger partial charge in [0.15, 0.2) is 0 Å². The zero-order valence-electron chi connectivity index (χ0n) is 18.2. The van der Waals surface area contributed by atoms with E-state index in [1.54, 1.807) is 22.8 Å². The third kappa shape index (κ3) is 3.37. The molecule has 4 heterocycles. The van der Waals surface area contributed by atoms with Crippen LogP contribution in [0.5, 0.6) is 0 Å². The Morgan fingerprint density at radius 3 is 2.77 bits per heavy atom. The highest BCUT2D eigenvalue weighted by atomic mass is 16.5. The van der Waals surface area contributed by atoms with E-state index in [0.29, 0.717) is 19.6 Å². The minimum absolute atomic E-state index is 0.0343. The second-order valence-corrected chi connectivity index (χ2v) is 9.11. The summed E-state index contributed by atoms with van der Waals surface area (Å²) in [6.45, 7) is 3.68. The van der Waals surface area contributed by atoms with Gasteiger partial charge in [-0.05, 0) is 18.9 Å². The summed E-state index contributed by atoms with van der Waals surface area (Å²) < 4.78 is 7.97. The van der Waals surface area contributed by atoms with Crippen molar-refractivity contribution in [3.05, 3.63) is 65.5 Å². The Morgan fingerprint density at radius 2 is 2.06 bits per heavy atom. The topological polar surface area (TPSA) is 67.7 Å². The summed E-state index contributed by atoms with van der Waals surface area (Å²) in [4.78, 5) is 30.3. The molecule has 1 aromatic carbocycles. The number of nitrogens with zero attached hydrogens (tertiary/aromatic N) is 4. The van der Waals surface area contributed by atoms with Crippen molar-refractivity contribution in [1.29, 1.82) is 0 Å². The molecule has 7 nitrogen and oxygen atoms in total. The molecule has 3 aliphatic heterocycles. The summed E-state index contributed by atoms with van der Waals surface area (Å²) in [6, 6.07) is 8.40. The Bertz CT molecular complexity index is 1040. The molecule has 0 N–H and O–H groups in total. The lowest BCUT2D eigenvalue weighted by molar-refractivity contribution is -0.142. The molecule has 0 radical (unpaired) electrons. The Morgan fingerprint density at radius 1 is 1.29 bits per heavy atom. The summed E-state index contributed by atoms with van der Waals surface area (Å²) in [7, 11) is 3.64. The van der Waals surface area contributed by atoms with E-state index in [2.05, 4.69) is 36.3 Å². The van der Waals surface area contributed by atoms with E-state index in [4.69, 9.17) is 4.74 Å². The Hall–Kier alpha value is -2.93. The lowest BCUT2D eigenvalue weighted by Crippen LogP contribution is -2.44. The van der Waals surface area contributed by atoms with Crippen LogP contribution < -0.4 is 0 Å². The number of carbonyl (C=O) groups is 2. The fourth-order valence-electron chi connectivity index (χ4n) is 5.23. The predicted octanol–water partition coefficient (Wildman–Crippen LogP) is 1.71. The first-order valence-corrected chi connectivity index (χ1v) is 10.8. The third-order valence-electron chi connectivity index (χ3n) is 6.81. The number of ether oxygens (including phenoxy) is 1. The monoisotopic (exact) mass is 420 g/mol. The average molecular weight is 421 g/mol. The van der Waals surface area contributed by atoms with Crippen molar-refractivity contribution in [3.8, 4) is 0 Å². The van der Waals surface area contributed by atoms with Crippen molar-refractivity contribution in [2.24, 2.45) is 18.9 Å². The molecular formula is C24H28N4O3. The largest absolute Gasteiger partial charge is 0.360 e. The Labute approximate surface area is 182 Å². The molecule has 0 unspecified atom stereocenters. The first-order chi connectivity index (χ1) is 14.9. The van der Waals surface area contributed by atoms with Crippen LogP contribution in [0.1, 0.15) is 16.7 Å². The molecule has 2 bridgehead atoms. The van der Waals surface area contributed by atoms with Gasteiger partial charge in [-0.25, -0.2) is 0 Å². The first kappa shape index (κ1) is 20.0. The van der Waals surface area contributed by atoms with Gasteiger partial charge in [0.25, 0.3) is 0 Å². The lowest BCUT2D eigenvalue weighted by atomic mass is 9.76. The van der Waals surface area contributed by atoms with Gasteiger partial charge in [0, 0.05) is 38.9 Å². The number of benzene rings is 1. The lowest BCUT2D eigenvalue weighted by Gasteiger charge is -2.27. The van der Waals surface area contributed by atoms with Gasteiger partial charge in [-0.3, -0.25) is 14.3 Å². The van der Waals surface area contributed by atoms with Gasteiger partial charge >= 0.3 is 0 Å². The molecule has 2 fully saturated rings. The van der Waals surface area contributed by atoms with Crippen molar-refractivity contribution in [2.45, 2.75) is 31.6 Å². The van der Waals surface area contributed by atoms with E-state index in [0.717, 1.165) is 12.0 Å². The number of hydrogen-bond acceptors (Lipinski definition) is 4. The van der Waals surface area contributed by atoms with Gasteiger partial charge in [0.05, 0.1) is 30.7 Å². The number of aromatic nitrogens is 2. The van der Waals surface area contributed by atoms with Gasteiger partial charge in [-0.15, -0.1) is 0 Å². The second-order valence-electron chi connectivity index (χ2n) is 9.11. The summed E-state index contributed by atoms with van der Waals surface area (Å²) in [5, 5.41) is 4.17. The van der Waals surface area contributed by atoms with E-state index in [1.165, 1.54) is 11.1 Å². The number of hydrogen-bond donors (Lipinski definition) is 0. The van der Waals surface area contributed by atoms with Crippen LogP contribution in [0.2, 0.25) is 0 Å². The maximum atomic E-state index is 13.4. The van der Waals surface area contributed by atoms with Gasteiger partial charge in [0.1, 0.15) is 5.60 Å². The standard InChI is InChI=1S/C24H28N4O3/c1-16-4-6-17(7-5-16)9-11-28-15-24-10-8-19(31-24)20(21(24)23(28)30)22(29)26(2)13-18-12-25-27(3)14-18/h4-8,10,12,14,19-21H,9,11,13,15H2,1-3H3/t19-,20-,21-,24-/m0/s1. The highest BCUT2D eigenvalue weighted by Crippen LogP contribution is 2.52. The number of rotatable bonds is 6. The highest BCUT2D eigenvalue weighted by Gasteiger charge is 2.66. The van der Waals surface area contributed by atoms with Crippen molar-refractivity contribution < 1.29 is 14.3 Å². The summed E-state index contributed by atoms with van der Waals surface area (Å²) in [5.41, 5.74) is 2.73. The molecule has 5 rings (SSSR count). The zero-order valence-corrected chi connectivity index (χ0v) is 18.2. The molecule has 1 aromatic heterocycles. The van der Waals surface area contributed by atoms with Crippen LogP contribution in [0.15, 0.2) is 48.8 Å². The minimum Gasteiger partial charge on any atom is -0.360 e. The first-order valence-electron chi connectivity index (χ1n) is 10.8. The third-order valence-corrected chi connectivity index (χ3v) is 6.81. The molecule has 2 aromatic rings. The average Bonchev–Trinajstić information content (AvgIpc) is 3.49. The number of likely N-dealkylation sites (tertiary alicyclic amines) is 1. The van der Waals surface area contributed by atoms with Crippen LogP contribution in [-0.2, 0) is 34.3 Å². The molecule has 7 heteroatoms. The fourth-order valence-corrected chi connectivity index (χ4v) is 5.23. The number of amides is 2. The fraction of sp³-hybridized carbons (Fsp3) is 0.458. The molecule has 31 heavy (non-hydrogen) atoms. The van der Waals surface area contributed by atoms with Crippen LogP contribution >= 0.6 is 0 Å².